The highest BCUT2D eigenvalue weighted by atomic mass is 31.2. The molecule has 6 amide bonds. The zero-order valence-electron chi connectivity index (χ0n) is 30.6. The number of carbonyl (C=O) groups is 6. The number of likely N-dealkylation sites (tertiary alicyclic amines) is 1. The molecule has 1 unspecified atom stereocenters. The van der Waals surface area contributed by atoms with Gasteiger partial charge in [-0.15, -0.1) is 0 Å². The van der Waals surface area contributed by atoms with Crippen molar-refractivity contribution in [3.05, 3.63) is 18.2 Å². The summed E-state index contributed by atoms with van der Waals surface area (Å²) in [6, 6.07) is -6.70. The summed E-state index contributed by atoms with van der Waals surface area (Å²) in [6.45, 7) is 5.08. The smallest absolute Gasteiger partial charge is 0.394 e. The number of ether oxygens (including phenoxy) is 2. The van der Waals surface area contributed by atoms with Gasteiger partial charge in [-0.05, 0) is 32.1 Å². The second kappa shape index (κ2) is 22.3. The number of H-pyrrole nitrogens is 1. The monoisotopic (exact) mass is 776 g/mol. The van der Waals surface area contributed by atoms with Crippen LogP contribution in [0.1, 0.15) is 52.1 Å². The summed E-state index contributed by atoms with van der Waals surface area (Å²) >= 11 is 0. The van der Waals surface area contributed by atoms with Crippen LogP contribution in [0.15, 0.2) is 12.5 Å². The fourth-order valence-corrected chi connectivity index (χ4v) is 6.04. The number of amides is 6. The van der Waals surface area contributed by atoms with Crippen LogP contribution in [0.5, 0.6) is 0 Å². The minimum absolute atomic E-state index is 0.0647. The van der Waals surface area contributed by atoms with Crippen molar-refractivity contribution in [3.8, 4) is 0 Å². The van der Waals surface area contributed by atoms with Crippen LogP contribution < -0.4 is 27.0 Å². The molecule has 0 bridgehead atoms. The van der Waals surface area contributed by atoms with E-state index in [0.717, 1.165) is 14.0 Å². The Bertz CT molecular complexity index is 1420. The van der Waals surface area contributed by atoms with Crippen LogP contribution in [-0.2, 0) is 58.3 Å². The van der Waals surface area contributed by atoms with E-state index >= 15 is 0 Å². The number of nitrogens with two attached hydrogens (primary N) is 1. The average molecular weight is 777 g/mol. The van der Waals surface area contributed by atoms with Gasteiger partial charge in [0.25, 0.3) is 0 Å². The molecule has 1 aliphatic heterocycles. The van der Waals surface area contributed by atoms with Gasteiger partial charge >= 0.3 is 7.82 Å². The highest BCUT2D eigenvalue weighted by Gasteiger charge is 2.38. The third-order valence-electron chi connectivity index (χ3n) is 8.14. The molecule has 21 nitrogen and oxygen atoms in total. The highest BCUT2D eigenvalue weighted by Crippen LogP contribution is 2.43. The zero-order chi connectivity index (χ0) is 39.7. The lowest BCUT2D eigenvalue weighted by Gasteiger charge is -2.29. The van der Waals surface area contributed by atoms with Crippen molar-refractivity contribution < 1.29 is 61.9 Å². The summed E-state index contributed by atoms with van der Waals surface area (Å²) in [7, 11) is -2.18. The van der Waals surface area contributed by atoms with Gasteiger partial charge < -0.3 is 56.4 Å². The van der Waals surface area contributed by atoms with Crippen LogP contribution in [0.25, 0.3) is 0 Å². The number of aliphatic hydroxyl groups excluding tert-OH is 1. The molecular formula is C31H53N8O13P. The molecular weight excluding hydrogens is 723 g/mol. The number of aromatic amines is 1. The number of nitrogens with one attached hydrogen (secondary N) is 5. The lowest BCUT2D eigenvalue weighted by atomic mass is 10.0. The average Bonchev–Trinajstić information content (AvgIpc) is 3.81. The summed E-state index contributed by atoms with van der Waals surface area (Å²) in [5, 5.41) is 19.8. The Morgan fingerprint density at radius 1 is 1.00 bits per heavy atom. The second-order valence-corrected chi connectivity index (χ2v) is 14.2. The highest BCUT2D eigenvalue weighted by molar-refractivity contribution is 7.47. The quantitative estimate of drug-likeness (QED) is 0.0402. The standard InChI is InChI=1S/C31H53N8O13P/c1-18(2)13-21(36-31(46)24-7-6-9-39(24)25(41)8-10-51-12-11-49-4)28(43)35-22(14-20-15-33-17-34-20)29(44)37-23(16-40)30(45)38-26(27(32)42)19(3)52-53(47,48)50-5/h15,17-19,21-24,26,40H,6-14,16H2,1-5H3,(H2,32,42)(H,33,34)(H,35,43)(H,36,46)(H,37,44)(H,38,45)(H,47,48)/t19-,21+,22+,23+,24+,26+/m1/s1. The van der Waals surface area contributed by atoms with Gasteiger partial charge in [0.1, 0.15) is 30.2 Å². The number of rotatable bonds is 24. The van der Waals surface area contributed by atoms with Gasteiger partial charge in [-0.1, -0.05) is 13.8 Å². The van der Waals surface area contributed by atoms with Crippen LogP contribution >= 0.6 is 7.82 Å². The van der Waals surface area contributed by atoms with E-state index in [9.17, 15) is 43.3 Å². The zero-order valence-corrected chi connectivity index (χ0v) is 31.5. The minimum Gasteiger partial charge on any atom is -0.394 e. The molecule has 0 spiro atoms. The number of hydrogen-bond acceptors (Lipinski definition) is 13. The molecule has 0 aromatic carbocycles. The molecule has 9 N–H and O–H groups in total. The van der Waals surface area contributed by atoms with E-state index < -0.39 is 80.3 Å². The maximum absolute atomic E-state index is 13.8. The van der Waals surface area contributed by atoms with Crippen LogP contribution in [0.4, 0.5) is 0 Å². The van der Waals surface area contributed by atoms with Crippen molar-refractivity contribution in [2.24, 2.45) is 11.7 Å². The number of hydrogen-bond donors (Lipinski definition) is 8. The molecule has 1 aromatic heterocycles. The number of nitrogens with zero attached hydrogens (tertiary/aromatic N) is 2. The predicted molar refractivity (Wildman–Crippen MR) is 185 cm³/mol. The summed E-state index contributed by atoms with van der Waals surface area (Å²) in [4.78, 5) is 96.7. The van der Waals surface area contributed by atoms with Crippen molar-refractivity contribution >= 4 is 43.3 Å². The third kappa shape index (κ3) is 15.1. The molecule has 2 heterocycles. The van der Waals surface area contributed by atoms with Crippen molar-refractivity contribution in [2.75, 3.05) is 47.2 Å². The Hall–Kier alpha value is -3.98. The molecule has 7 atom stereocenters. The number of primary amides is 1. The summed E-state index contributed by atoms with van der Waals surface area (Å²) < 4.78 is 31.3. The molecule has 300 valence electrons. The van der Waals surface area contributed by atoms with Gasteiger partial charge in [0.05, 0.1) is 45.3 Å². The van der Waals surface area contributed by atoms with Crippen LogP contribution in [0.3, 0.4) is 0 Å². The first-order valence-electron chi connectivity index (χ1n) is 17.0. The Balaban J connectivity index is 2.20. The number of phosphoric acid groups is 1. The molecule has 0 radical (unpaired) electrons. The van der Waals surface area contributed by atoms with E-state index in [4.69, 9.17) is 19.7 Å². The first kappa shape index (κ1) is 45.2. The molecule has 22 heteroatoms. The van der Waals surface area contributed by atoms with Gasteiger partial charge in [0, 0.05) is 39.1 Å². The van der Waals surface area contributed by atoms with E-state index in [-0.39, 0.29) is 37.7 Å². The SMILES string of the molecule is COCCOCCC(=O)N1CCC[C@H]1C(=O)N[C@@H](CC(C)C)C(=O)N[C@@H](Cc1cnc[nH]1)C(=O)N[C@@H](CO)C(=O)N[C@H](C(N)=O)[C@@H](C)OP(=O)(O)OC. The van der Waals surface area contributed by atoms with Crippen LogP contribution in [0.2, 0.25) is 0 Å². The van der Waals surface area contributed by atoms with Crippen molar-refractivity contribution in [2.45, 2.75) is 89.2 Å². The van der Waals surface area contributed by atoms with Gasteiger partial charge in [-0.25, -0.2) is 9.55 Å². The first-order chi connectivity index (χ1) is 25.0. The largest absolute Gasteiger partial charge is 0.472 e. The molecule has 1 aromatic rings. The number of aromatic nitrogens is 2. The summed E-state index contributed by atoms with van der Waals surface area (Å²) in [5.41, 5.74) is 5.76. The number of aliphatic hydroxyl groups is 1. The molecule has 53 heavy (non-hydrogen) atoms. The summed E-state index contributed by atoms with van der Waals surface area (Å²) in [6.07, 6.45) is 2.33. The second-order valence-electron chi connectivity index (χ2n) is 12.7. The maximum atomic E-state index is 13.8. The topological polar surface area (TPSA) is 303 Å². The van der Waals surface area contributed by atoms with Crippen molar-refractivity contribution in [1.29, 1.82) is 0 Å². The molecule has 1 fully saturated rings. The van der Waals surface area contributed by atoms with Crippen molar-refractivity contribution in [1.82, 2.24) is 36.1 Å². The fourth-order valence-electron chi connectivity index (χ4n) is 5.41. The lowest BCUT2D eigenvalue weighted by molar-refractivity contribution is -0.140. The fraction of sp³-hybridized carbons (Fsp3) is 0.710. The normalized spacial score (nSPS) is 18.3. The van der Waals surface area contributed by atoms with Crippen LogP contribution in [-0.4, -0.2) is 144 Å². The number of methoxy groups -OCH3 is 1. The molecule has 0 aliphatic carbocycles. The molecule has 0 saturated carbocycles. The molecule has 2 rings (SSSR count). The van der Waals surface area contributed by atoms with E-state index in [0.29, 0.717) is 38.3 Å². The minimum atomic E-state index is -4.60. The Morgan fingerprint density at radius 3 is 2.25 bits per heavy atom. The third-order valence-corrected chi connectivity index (χ3v) is 9.20. The Morgan fingerprint density at radius 2 is 1.66 bits per heavy atom. The Labute approximate surface area is 307 Å². The van der Waals surface area contributed by atoms with Gasteiger partial charge in [-0.3, -0.25) is 37.8 Å². The van der Waals surface area contributed by atoms with Gasteiger partial charge in [0.15, 0.2) is 0 Å². The first-order valence-corrected chi connectivity index (χ1v) is 18.5. The van der Waals surface area contributed by atoms with Crippen LogP contribution in [0, 0.1) is 5.92 Å². The number of phosphoric ester groups is 1. The van der Waals surface area contributed by atoms with Crippen molar-refractivity contribution in [3.63, 3.8) is 0 Å². The maximum Gasteiger partial charge on any atom is 0.472 e. The molecule has 1 saturated heterocycles. The number of imidazole rings is 1. The number of carbonyl (C=O) groups excluding carboxylic acids is 6. The predicted octanol–water partition coefficient (Wildman–Crippen LogP) is -2.39. The molecule has 1 aliphatic rings. The van der Waals surface area contributed by atoms with Gasteiger partial charge in [0.2, 0.25) is 35.4 Å². The van der Waals surface area contributed by atoms with Gasteiger partial charge in [-0.2, -0.15) is 0 Å². The van der Waals surface area contributed by atoms with E-state index in [1.165, 1.54) is 24.5 Å². The Kier molecular flexibility index (Phi) is 19.0. The van der Waals surface area contributed by atoms with E-state index in [2.05, 4.69) is 35.8 Å². The lowest BCUT2D eigenvalue weighted by Crippen LogP contribution is -2.61. The summed E-state index contributed by atoms with van der Waals surface area (Å²) in [5.74, 6) is -4.83. The van der Waals surface area contributed by atoms with E-state index in [1.54, 1.807) is 0 Å². The van der Waals surface area contributed by atoms with E-state index in [1.807, 2.05) is 13.8 Å².